The van der Waals surface area contributed by atoms with Crippen LogP contribution < -0.4 is 0 Å². The molecule has 4 nitrogen and oxygen atoms in total. The monoisotopic (exact) mass is 394 g/mol. The number of benzene rings is 2. The molecular formula is C24H27FN2O2. The van der Waals surface area contributed by atoms with Gasteiger partial charge in [0, 0.05) is 32.1 Å². The first-order valence-electron chi connectivity index (χ1n) is 10.00. The van der Waals surface area contributed by atoms with Crippen LogP contribution in [0.4, 0.5) is 4.39 Å². The molecule has 2 aromatic carbocycles. The fourth-order valence-corrected chi connectivity index (χ4v) is 3.63. The van der Waals surface area contributed by atoms with Crippen LogP contribution in [0, 0.1) is 11.7 Å². The van der Waals surface area contributed by atoms with Crippen LogP contribution in [0.1, 0.15) is 36.9 Å². The van der Waals surface area contributed by atoms with Gasteiger partial charge in [-0.05, 0) is 49.1 Å². The number of amides is 2. The Bertz CT molecular complexity index is 856. The zero-order chi connectivity index (χ0) is 20.8. The Morgan fingerprint density at radius 2 is 1.69 bits per heavy atom. The topological polar surface area (TPSA) is 40.6 Å². The summed E-state index contributed by atoms with van der Waals surface area (Å²) in [4.78, 5) is 28.8. The van der Waals surface area contributed by atoms with Gasteiger partial charge in [-0.15, -0.1) is 0 Å². The molecule has 1 heterocycles. The lowest BCUT2D eigenvalue weighted by molar-refractivity contribution is -0.139. The number of halogens is 1. The van der Waals surface area contributed by atoms with Crippen molar-refractivity contribution in [2.45, 2.75) is 25.8 Å². The molecule has 1 fully saturated rings. The molecule has 152 valence electrons. The minimum atomic E-state index is -0.284. The molecule has 29 heavy (non-hydrogen) atoms. The molecule has 0 unspecified atom stereocenters. The summed E-state index contributed by atoms with van der Waals surface area (Å²) in [5, 5.41) is 0. The number of nitrogens with zero attached hydrogens (tertiary/aromatic N) is 2. The highest BCUT2D eigenvalue weighted by molar-refractivity contribution is 5.92. The molecule has 0 N–H and O–H groups in total. The molecule has 0 aliphatic carbocycles. The highest BCUT2D eigenvalue weighted by atomic mass is 19.1. The molecule has 2 aromatic rings. The van der Waals surface area contributed by atoms with Crippen LogP contribution in [0.5, 0.6) is 0 Å². The van der Waals surface area contributed by atoms with Gasteiger partial charge in [-0.25, -0.2) is 4.39 Å². The number of hydrogen-bond acceptors (Lipinski definition) is 2. The highest BCUT2D eigenvalue weighted by Crippen LogP contribution is 2.25. The van der Waals surface area contributed by atoms with Crippen LogP contribution in [0.2, 0.25) is 0 Å². The lowest BCUT2D eigenvalue weighted by atomic mass is 9.94. The zero-order valence-electron chi connectivity index (χ0n) is 16.9. The van der Waals surface area contributed by atoms with E-state index >= 15 is 0 Å². The predicted octanol–water partition coefficient (Wildman–Crippen LogP) is 4.30. The van der Waals surface area contributed by atoms with E-state index in [0.717, 1.165) is 11.1 Å². The molecule has 0 bridgehead atoms. The first kappa shape index (κ1) is 20.8. The second kappa shape index (κ2) is 9.50. The molecule has 1 aliphatic rings. The SMILES string of the molecule is C[C@@H](c1ccc(F)cc1)N(C)C(=O)C1CCN(C(=O)/C=C/c2ccccc2)CC1. The largest absolute Gasteiger partial charge is 0.339 e. The van der Waals surface area contributed by atoms with Crippen molar-refractivity contribution >= 4 is 17.9 Å². The van der Waals surface area contributed by atoms with Crippen LogP contribution in [-0.2, 0) is 9.59 Å². The van der Waals surface area contributed by atoms with E-state index in [9.17, 15) is 14.0 Å². The lowest BCUT2D eigenvalue weighted by Crippen LogP contribution is -2.43. The van der Waals surface area contributed by atoms with E-state index in [1.807, 2.05) is 43.3 Å². The summed E-state index contributed by atoms with van der Waals surface area (Å²) in [6.45, 7) is 3.10. The van der Waals surface area contributed by atoms with E-state index in [2.05, 4.69) is 0 Å². The zero-order valence-corrected chi connectivity index (χ0v) is 16.9. The molecule has 1 aliphatic heterocycles. The molecule has 1 saturated heterocycles. The van der Waals surface area contributed by atoms with Crippen molar-refractivity contribution < 1.29 is 14.0 Å². The molecule has 0 aromatic heterocycles. The second-order valence-electron chi connectivity index (χ2n) is 7.52. The molecule has 0 radical (unpaired) electrons. The Kier molecular flexibility index (Phi) is 6.81. The average Bonchev–Trinajstić information content (AvgIpc) is 2.77. The number of hydrogen-bond donors (Lipinski definition) is 0. The Morgan fingerprint density at radius 1 is 1.07 bits per heavy atom. The summed E-state index contributed by atoms with van der Waals surface area (Å²) in [5.41, 5.74) is 1.89. The number of likely N-dealkylation sites (tertiary alicyclic amines) is 1. The maximum atomic E-state index is 13.1. The van der Waals surface area contributed by atoms with Crippen LogP contribution in [0.15, 0.2) is 60.7 Å². The smallest absolute Gasteiger partial charge is 0.246 e. The van der Waals surface area contributed by atoms with Crippen molar-refractivity contribution in [2.24, 2.45) is 5.92 Å². The summed E-state index contributed by atoms with van der Waals surface area (Å²) in [6, 6.07) is 15.8. The van der Waals surface area contributed by atoms with E-state index < -0.39 is 0 Å². The number of carbonyl (C=O) groups excluding carboxylic acids is 2. The summed E-state index contributed by atoms with van der Waals surface area (Å²) in [5.74, 6) is -0.320. The molecule has 3 rings (SSSR count). The summed E-state index contributed by atoms with van der Waals surface area (Å²) in [7, 11) is 1.79. The highest BCUT2D eigenvalue weighted by Gasteiger charge is 2.30. The van der Waals surface area contributed by atoms with Crippen molar-refractivity contribution in [3.63, 3.8) is 0 Å². The Labute approximate surface area is 171 Å². The van der Waals surface area contributed by atoms with Crippen LogP contribution in [0.25, 0.3) is 6.08 Å². The van der Waals surface area contributed by atoms with Gasteiger partial charge >= 0.3 is 0 Å². The normalized spacial score (nSPS) is 16.0. The second-order valence-corrected chi connectivity index (χ2v) is 7.52. The Morgan fingerprint density at radius 3 is 2.31 bits per heavy atom. The van der Waals surface area contributed by atoms with Gasteiger partial charge in [0.05, 0.1) is 6.04 Å². The van der Waals surface area contributed by atoms with Crippen LogP contribution in [0.3, 0.4) is 0 Å². The fourth-order valence-electron chi connectivity index (χ4n) is 3.63. The van der Waals surface area contributed by atoms with Gasteiger partial charge in [0.15, 0.2) is 0 Å². The van der Waals surface area contributed by atoms with E-state index in [0.29, 0.717) is 25.9 Å². The summed E-state index contributed by atoms with van der Waals surface area (Å²) < 4.78 is 13.1. The van der Waals surface area contributed by atoms with E-state index in [-0.39, 0.29) is 29.6 Å². The van der Waals surface area contributed by atoms with Gasteiger partial charge in [-0.3, -0.25) is 9.59 Å². The van der Waals surface area contributed by atoms with Crippen molar-refractivity contribution in [3.8, 4) is 0 Å². The minimum absolute atomic E-state index is 0.0206. The maximum absolute atomic E-state index is 13.1. The lowest BCUT2D eigenvalue weighted by Gasteiger charge is -2.34. The average molecular weight is 394 g/mol. The third-order valence-corrected chi connectivity index (χ3v) is 5.65. The molecule has 0 spiro atoms. The van der Waals surface area contributed by atoms with E-state index in [1.54, 1.807) is 35.1 Å². The van der Waals surface area contributed by atoms with Gasteiger partial charge in [-0.2, -0.15) is 0 Å². The van der Waals surface area contributed by atoms with Gasteiger partial charge < -0.3 is 9.80 Å². The summed E-state index contributed by atoms with van der Waals surface area (Å²) >= 11 is 0. The van der Waals surface area contributed by atoms with Gasteiger partial charge in [0.1, 0.15) is 5.82 Å². The third-order valence-electron chi connectivity index (χ3n) is 5.65. The number of carbonyl (C=O) groups is 2. The molecule has 5 heteroatoms. The van der Waals surface area contributed by atoms with E-state index in [1.165, 1.54) is 12.1 Å². The standard InChI is InChI=1S/C24H27FN2O2/c1-18(20-9-11-22(25)12-10-20)26(2)24(29)21-14-16-27(17-15-21)23(28)13-8-19-6-4-3-5-7-19/h3-13,18,21H,14-17H2,1-2H3/b13-8+/t18-/m0/s1. The van der Waals surface area contributed by atoms with Crippen molar-refractivity contribution in [2.75, 3.05) is 20.1 Å². The fraction of sp³-hybridized carbons (Fsp3) is 0.333. The molecule has 2 amide bonds. The van der Waals surface area contributed by atoms with Gasteiger partial charge in [-0.1, -0.05) is 42.5 Å². The van der Waals surface area contributed by atoms with Crippen LogP contribution >= 0.6 is 0 Å². The number of rotatable bonds is 5. The van der Waals surface area contributed by atoms with Gasteiger partial charge in [0.2, 0.25) is 11.8 Å². The van der Waals surface area contributed by atoms with E-state index in [4.69, 9.17) is 0 Å². The van der Waals surface area contributed by atoms with Crippen molar-refractivity contribution in [3.05, 3.63) is 77.6 Å². The minimum Gasteiger partial charge on any atom is -0.339 e. The first-order chi connectivity index (χ1) is 14.0. The Hall–Kier alpha value is -2.95. The number of piperidine rings is 1. The van der Waals surface area contributed by atoms with Gasteiger partial charge in [0.25, 0.3) is 0 Å². The Balaban J connectivity index is 1.52. The predicted molar refractivity (Wildman–Crippen MR) is 112 cm³/mol. The molecule has 1 atom stereocenters. The van der Waals surface area contributed by atoms with Crippen molar-refractivity contribution in [1.82, 2.24) is 9.80 Å². The summed E-state index contributed by atoms with van der Waals surface area (Å²) in [6.07, 6.45) is 4.73. The van der Waals surface area contributed by atoms with Crippen LogP contribution in [-0.4, -0.2) is 41.8 Å². The third kappa shape index (κ3) is 5.31. The maximum Gasteiger partial charge on any atom is 0.246 e. The molecule has 0 saturated carbocycles. The van der Waals surface area contributed by atoms with Crippen molar-refractivity contribution in [1.29, 1.82) is 0 Å². The quantitative estimate of drug-likeness (QED) is 0.710. The first-order valence-corrected chi connectivity index (χ1v) is 10.00. The molecular weight excluding hydrogens is 367 g/mol.